The first-order valence-corrected chi connectivity index (χ1v) is 17.5. The molecule has 0 aliphatic heterocycles. The highest BCUT2D eigenvalue weighted by Gasteiger charge is 2.50. The molecule has 43 heavy (non-hydrogen) atoms. The molecule has 5 saturated carbocycles. The van der Waals surface area contributed by atoms with E-state index in [9.17, 15) is 23.3 Å². The Bertz CT molecular complexity index is 1530. The Labute approximate surface area is 253 Å². The van der Waals surface area contributed by atoms with Crippen LogP contribution in [0, 0.1) is 45.1 Å². The second-order valence-electron chi connectivity index (χ2n) is 14.2. The lowest BCUT2D eigenvalue weighted by atomic mass is 9.49. The van der Waals surface area contributed by atoms with Crippen LogP contribution in [0.25, 0.3) is 5.57 Å². The van der Waals surface area contributed by atoms with Gasteiger partial charge in [0.25, 0.3) is 21.6 Å². The van der Waals surface area contributed by atoms with Crippen LogP contribution >= 0.6 is 0 Å². The number of sulfonamides is 1. The lowest BCUT2D eigenvalue weighted by Gasteiger charge is -2.57. The number of nitrogens with one attached hydrogen (secondary N) is 2. The summed E-state index contributed by atoms with van der Waals surface area (Å²) in [7, 11) is -4.32. The lowest BCUT2D eigenvalue weighted by molar-refractivity contribution is -0.384. The van der Waals surface area contributed by atoms with Gasteiger partial charge < -0.3 is 5.32 Å². The Balaban J connectivity index is 1.02. The molecule has 6 aliphatic carbocycles. The van der Waals surface area contributed by atoms with E-state index in [-0.39, 0.29) is 21.6 Å². The van der Waals surface area contributed by atoms with Gasteiger partial charge >= 0.3 is 0 Å². The van der Waals surface area contributed by atoms with Crippen molar-refractivity contribution in [1.29, 1.82) is 0 Å². The molecule has 228 valence electrons. The number of fused-ring (bicyclic) bond motifs is 1. The fraction of sp³-hybridized carbons (Fsp3) is 0.559. The van der Waals surface area contributed by atoms with Crippen molar-refractivity contribution in [3.05, 3.63) is 69.8 Å². The standard InChI is InChI=1S/C34H41N3O5S/c38-33(27-8-5-26(6-9-27)29-10-7-25-3-1-2-4-28(25)16-29)36-43(41,42)30-11-12-31(32(17-30)37(39)40)35-21-34-18-22-13-23(19-34)15-24(14-22)20-34/h5-6,8-12,17,22-25,28,35H,1-4,7,13-16,18-21H2,(H,36,38). The van der Waals surface area contributed by atoms with Crippen LogP contribution in [-0.2, 0) is 10.0 Å². The summed E-state index contributed by atoms with van der Waals surface area (Å²) in [4.78, 5) is 24.1. The van der Waals surface area contributed by atoms with Crippen molar-refractivity contribution in [1.82, 2.24) is 4.72 Å². The van der Waals surface area contributed by atoms with E-state index in [1.807, 2.05) is 12.1 Å². The molecule has 2 aromatic rings. The van der Waals surface area contributed by atoms with Crippen LogP contribution in [0.4, 0.5) is 11.4 Å². The van der Waals surface area contributed by atoms with E-state index in [2.05, 4.69) is 16.1 Å². The van der Waals surface area contributed by atoms with E-state index >= 15 is 0 Å². The number of allylic oxidation sites excluding steroid dienone is 2. The van der Waals surface area contributed by atoms with Gasteiger partial charge in [-0.3, -0.25) is 14.9 Å². The molecule has 0 saturated heterocycles. The monoisotopic (exact) mass is 603 g/mol. The van der Waals surface area contributed by atoms with Crippen LogP contribution in [0.5, 0.6) is 0 Å². The number of rotatable bonds is 8. The minimum absolute atomic E-state index is 0.169. The molecular formula is C34H41N3O5S. The number of hydrogen-bond acceptors (Lipinski definition) is 6. The van der Waals surface area contributed by atoms with Crippen LogP contribution < -0.4 is 10.0 Å². The van der Waals surface area contributed by atoms with Crippen molar-refractivity contribution < 1.29 is 18.1 Å². The van der Waals surface area contributed by atoms with Crippen molar-refractivity contribution in [3.8, 4) is 0 Å². The first kappa shape index (κ1) is 28.6. The van der Waals surface area contributed by atoms with Crippen molar-refractivity contribution in [2.24, 2.45) is 35.0 Å². The zero-order valence-corrected chi connectivity index (χ0v) is 25.4. The van der Waals surface area contributed by atoms with Gasteiger partial charge in [0.05, 0.1) is 9.82 Å². The summed E-state index contributed by atoms with van der Waals surface area (Å²) in [6.45, 7) is 0.661. The molecule has 1 amide bonds. The van der Waals surface area contributed by atoms with E-state index in [4.69, 9.17) is 0 Å². The molecule has 0 heterocycles. The van der Waals surface area contributed by atoms with Gasteiger partial charge in [-0.05, 0) is 135 Å². The maximum Gasteiger partial charge on any atom is 0.293 e. The zero-order chi connectivity index (χ0) is 29.8. The highest BCUT2D eigenvalue weighted by Crippen LogP contribution is 2.60. The van der Waals surface area contributed by atoms with Crippen molar-refractivity contribution in [3.63, 3.8) is 0 Å². The van der Waals surface area contributed by atoms with Gasteiger partial charge in [0, 0.05) is 18.2 Å². The number of amides is 1. The maximum atomic E-state index is 13.2. The fourth-order valence-corrected chi connectivity index (χ4v) is 10.6. The third-order valence-electron chi connectivity index (χ3n) is 11.3. The van der Waals surface area contributed by atoms with E-state index in [1.54, 1.807) is 12.1 Å². The molecule has 8 rings (SSSR count). The minimum Gasteiger partial charge on any atom is -0.379 e. The predicted molar refractivity (Wildman–Crippen MR) is 166 cm³/mol. The molecule has 0 spiro atoms. The van der Waals surface area contributed by atoms with Crippen LogP contribution in [0.15, 0.2) is 53.4 Å². The quantitative estimate of drug-likeness (QED) is 0.241. The molecule has 0 aromatic heterocycles. The number of nitro benzene ring substituents is 1. The number of hydrogen-bond donors (Lipinski definition) is 2. The largest absolute Gasteiger partial charge is 0.379 e. The Morgan fingerprint density at radius 2 is 1.58 bits per heavy atom. The molecule has 5 fully saturated rings. The molecule has 6 aliphatic rings. The average Bonchev–Trinajstić information content (AvgIpc) is 2.99. The van der Waals surface area contributed by atoms with Gasteiger partial charge in [-0.15, -0.1) is 0 Å². The Morgan fingerprint density at radius 3 is 2.23 bits per heavy atom. The molecule has 8 nitrogen and oxygen atoms in total. The number of anilines is 1. The molecule has 4 bridgehead atoms. The first-order chi connectivity index (χ1) is 20.7. The summed E-state index contributed by atoms with van der Waals surface area (Å²) in [5.74, 6) is 3.06. The number of nitro groups is 1. The summed E-state index contributed by atoms with van der Waals surface area (Å²) < 4.78 is 28.4. The summed E-state index contributed by atoms with van der Waals surface area (Å²) in [5, 5.41) is 15.3. The molecule has 2 N–H and O–H groups in total. The number of carbonyl (C=O) groups excluding carboxylic acids is 1. The van der Waals surface area contributed by atoms with Gasteiger partial charge in [0.1, 0.15) is 5.69 Å². The number of nitrogens with zero attached hydrogens (tertiary/aromatic N) is 1. The lowest BCUT2D eigenvalue weighted by Crippen LogP contribution is -2.49. The third kappa shape index (κ3) is 5.73. The molecule has 0 radical (unpaired) electrons. The van der Waals surface area contributed by atoms with Crippen LogP contribution in [0.1, 0.15) is 93.0 Å². The topological polar surface area (TPSA) is 118 Å². The fourth-order valence-electron chi connectivity index (χ4n) is 9.60. The average molecular weight is 604 g/mol. The van der Waals surface area contributed by atoms with E-state index in [0.717, 1.165) is 54.1 Å². The Hall–Kier alpha value is -3.20. The molecule has 2 aromatic carbocycles. The van der Waals surface area contributed by atoms with Gasteiger partial charge in [-0.1, -0.05) is 31.1 Å². The zero-order valence-electron chi connectivity index (χ0n) is 24.6. The molecule has 2 unspecified atom stereocenters. The molecular weight excluding hydrogens is 562 g/mol. The summed E-state index contributed by atoms with van der Waals surface area (Å²) in [6.07, 6.45) is 17.1. The number of benzene rings is 2. The molecule has 2 atom stereocenters. The highest BCUT2D eigenvalue weighted by molar-refractivity contribution is 7.90. The van der Waals surface area contributed by atoms with Crippen molar-refractivity contribution in [2.45, 2.75) is 81.9 Å². The summed E-state index contributed by atoms with van der Waals surface area (Å²) in [6, 6.07) is 10.9. The predicted octanol–water partition coefficient (Wildman–Crippen LogP) is 7.33. The van der Waals surface area contributed by atoms with Gasteiger partial charge in [-0.2, -0.15) is 0 Å². The van der Waals surface area contributed by atoms with Crippen LogP contribution in [-0.4, -0.2) is 25.8 Å². The smallest absolute Gasteiger partial charge is 0.293 e. The maximum absolute atomic E-state index is 13.2. The second kappa shape index (κ2) is 11.1. The highest BCUT2D eigenvalue weighted by atomic mass is 32.2. The van der Waals surface area contributed by atoms with Gasteiger partial charge in [0.2, 0.25) is 0 Å². The first-order valence-electron chi connectivity index (χ1n) is 16.1. The number of carbonyl (C=O) groups is 1. The SMILES string of the molecule is O=C(NS(=O)(=O)c1ccc(NCC23CC4CC(CC(C4)C2)C3)c([N+](=O)[O-])c1)c1ccc(C2=CCC3CCCCC3C2)cc1. The van der Waals surface area contributed by atoms with Crippen LogP contribution in [0.2, 0.25) is 0 Å². The van der Waals surface area contributed by atoms with E-state index < -0.39 is 20.9 Å². The summed E-state index contributed by atoms with van der Waals surface area (Å²) in [5.41, 5.74) is 2.77. The molecule has 9 heteroatoms. The Morgan fingerprint density at radius 1 is 0.930 bits per heavy atom. The van der Waals surface area contributed by atoms with Crippen LogP contribution in [0.3, 0.4) is 0 Å². The van der Waals surface area contributed by atoms with Crippen molar-refractivity contribution >= 4 is 32.9 Å². The van der Waals surface area contributed by atoms with Gasteiger partial charge in [-0.25, -0.2) is 13.1 Å². The van der Waals surface area contributed by atoms with E-state index in [0.29, 0.717) is 12.2 Å². The summed E-state index contributed by atoms with van der Waals surface area (Å²) >= 11 is 0. The van der Waals surface area contributed by atoms with Crippen molar-refractivity contribution in [2.75, 3.05) is 11.9 Å². The Kier molecular flexibility index (Phi) is 7.35. The van der Waals surface area contributed by atoms with E-state index in [1.165, 1.54) is 81.9 Å². The minimum atomic E-state index is -4.32. The second-order valence-corrected chi connectivity index (χ2v) is 15.9. The third-order valence-corrected chi connectivity index (χ3v) is 12.6. The van der Waals surface area contributed by atoms with Gasteiger partial charge in [0.15, 0.2) is 0 Å². The normalized spacial score (nSPS) is 31.2.